The highest BCUT2D eigenvalue weighted by molar-refractivity contribution is 6.33. The summed E-state index contributed by atoms with van der Waals surface area (Å²) in [6.45, 7) is 3.19. The number of benzene rings is 2. The fourth-order valence-corrected chi connectivity index (χ4v) is 4.34. The van der Waals surface area contributed by atoms with Crippen molar-refractivity contribution in [3.63, 3.8) is 0 Å². The summed E-state index contributed by atoms with van der Waals surface area (Å²) in [5, 5.41) is 4.74. The monoisotopic (exact) mass is 411 g/mol. The van der Waals surface area contributed by atoms with Crippen LogP contribution in [0.5, 0.6) is 0 Å². The number of anilines is 2. The number of morpholine rings is 1. The van der Waals surface area contributed by atoms with Crippen molar-refractivity contribution in [3.05, 3.63) is 64.6 Å². The smallest absolute Gasteiger partial charge is 0.256 e. The Labute approximate surface area is 172 Å². The second-order valence-corrected chi connectivity index (χ2v) is 7.95. The first kappa shape index (κ1) is 18.3. The lowest BCUT2D eigenvalue weighted by molar-refractivity contribution is -0.171. The highest BCUT2D eigenvalue weighted by Gasteiger charge is 2.40. The fraction of sp³-hybridized carbons (Fsp3) is 0.273. The van der Waals surface area contributed by atoms with Crippen LogP contribution in [0.15, 0.2) is 42.6 Å². The van der Waals surface area contributed by atoms with Gasteiger partial charge in [0.1, 0.15) is 11.6 Å². The normalized spacial score (nSPS) is 20.4. The minimum absolute atomic E-state index is 0.00259. The van der Waals surface area contributed by atoms with E-state index in [4.69, 9.17) is 16.3 Å². The van der Waals surface area contributed by atoms with Gasteiger partial charge in [-0.2, -0.15) is 0 Å². The number of amides is 1. The minimum atomic E-state index is -0.505. The maximum atomic E-state index is 13.8. The Kier molecular flexibility index (Phi) is 4.41. The van der Waals surface area contributed by atoms with Crippen LogP contribution in [0.1, 0.15) is 22.3 Å². The van der Waals surface area contributed by atoms with Crippen LogP contribution in [-0.2, 0) is 4.74 Å². The first-order valence-electron chi connectivity index (χ1n) is 9.55. The van der Waals surface area contributed by atoms with Crippen LogP contribution >= 0.6 is 11.6 Å². The van der Waals surface area contributed by atoms with Crippen molar-refractivity contribution in [3.8, 4) is 0 Å². The number of carbonyl (C=O) groups excluding carboxylic acids is 1. The second kappa shape index (κ2) is 6.97. The molecule has 29 heavy (non-hydrogen) atoms. The maximum absolute atomic E-state index is 13.8. The van der Waals surface area contributed by atoms with Gasteiger partial charge in [0.15, 0.2) is 0 Å². The zero-order chi connectivity index (χ0) is 20.1. The van der Waals surface area contributed by atoms with Crippen molar-refractivity contribution in [1.82, 2.24) is 9.88 Å². The van der Waals surface area contributed by atoms with Gasteiger partial charge in [0.2, 0.25) is 0 Å². The van der Waals surface area contributed by atoms with Gasteiger partial charge < -0.3 is 15.0 Å². The summed E-state index contributed by atoms with van der Waals surface area (Å²) in [4.78, 5) is 19.6. The van der Waals surface area contributed by atoms with Crippen LogP contribution in [0.4, 0.5) is 15.9 Å². The number of halogens is 2. The summed E-state index contributed by atoms with van der Waals surface area (Å²) in [6.07, 6.45) is 2.91. The van der Waals surface area contributed by atoms with E-state index in [1.807, 2.05) is 30.0 Å². The molecule has 0 radical (unpaired) electrons. The van der Waals surface area contributed by atoms with Gasteiger partial charge in [-0.15, -0.1) is 0 Å². The molecule has 5 nitrogen and oxygen atoms in total. The molecule has 2 atom stereocenters. The average Bonchev–Trinajstić information content (AvgIpc) is 2.71. The number of pyridine rings is 1. The molecular formula is C22H19ClFN3O2. The Morgan fingerprint density at radius 1 is 1.24 bits per heavy atom. The molecule has 3 fully saturated rings. The minimum Gasteiger partial charge on any atom is -0.371 e. The Hall–Kier alpha value is -2.70. The summed E-state index contributed by atoms with van der Waals surface area (Å²) < 4.78 is 19.5. The number of hydrogen-bond acceptors (Lipinski definition) is 4. The molecule has 2 aromatic carbocycles. The molecule has 4 heterocycles. The molecule has 0 aliphatic carbocycles. The van der Waals surface area contributed by atoms with Crippen molar-refractivity contribution in [1.29, 1.82) is 0 Å². The number of piperidine rings is 1. The van der Waals surface area contributed by atoms with Crippen molar-refractivity contribution >= 4 is 39.8 Å². The lowest BCUT2D eigenvalue weighted by Crippen LogP contribution is -2.58. The van der Waals surface area contributed by atoms with E-state index < -0.39 is 5.82 Å². The quantitative estimate of drug-likeness (QED) is 0.679. The van der Waals surface area contributed by atoms with E-state index in [2.05, 4.69) is 10.3 Å². The lowest BCUT2D eigenvalue weighted by Gasteiger charge is -2.47. The van der Waals surface area contributed by atoms with Crippen LogP contribution in [0, 0.1) is 12.7 Å². The van der Waals surface area contributed by atoms with E-state index in [0.717, 1.165) is 22.8 Å². The van der Waals surface area contributed by atoms with Gasteiger partial charge in [-0.3, -0.25) is 4.79 Å². The lowest BCUT2D eigenvalue weighted by atomic mass is 9.96. The molecule has 148 valence electrons. The third kappa shape index (κ3) is 3.12. The number of ether oxygens (including phenoxy) is 1. The van der Waals surface area contributed by atoms with Crippen LogP contribution < -0.4 is 5.32 Å². The largest absolute Gasteiger partial charge is 0.371 e. The summed E-state index contributed by atoms with van der Waals surface area (Å²) in [5.74, 6) is -0.0162. The van der Waals surface area contributed by atoms with Crippen molar-refractivity contribution in [2.45, 2.75) is 25.6 Å². The van der Waals surface area contributed by atoms with E-state index in [-0.39, 0.29) is 23.1 Å². The van der Waals surface area contributed by atoms with Crippen molar-refractivity contribution in [2.24, 2.45) is 0 Å². The van der Waals surface area contributed by atoms with Crippen LogP contribution in [-0.4, -0.2) is 41.1 Å². The highest BCUT2D eigenvalue weighted by atomic mass is 35.5. The fourth-order valence-electron chi connectivity index (χ4n) is 4.17. The number of fused-ring (bicyclic) bond motifs is 3. The van der Waals surface area contributed by atoms with Crippen LogP contribution in [0.2, 0.25) is 5.02 Å². The molecular weight excluding hydrogens is 393 g/mol. The molecule has 3 saturated heterocycles. The zero-order valence-corrected chi connectivity index (χ0v) is 16.5. The van der Waals surface area contributed by atoms with Crippen molar-refractivity contribution < 1.29 is 13.9 Å². The van der Waals surface area contributed by atoms with Gasteiger partial charge in [-0.1, -0.05) is 35.9 Å². The maximum Gasteiger partial charge on any atom is 0.256 e. The predicted octanol–water partition coefficient (Wildman–Crippen LogP) is 4.69. The van der Waals surface area contributed by atoms with E-state index in [9.17, 15) is 9.18 Å². The summed E-state index contributed by atoms with van der Waals surface area (Å²) in [6, 6.07) is 10.4. The number of hydrogen-bond donors (Lipinski definition) is 1. The van der Waals surface area contributed by atoms with E-state index in [1.54, 1.807) is 18.3 Å². The van der Waals surface area contributed by atoms with Gasteiger partial charge in [0.25, 0.3) is 5.91 Å². The van der Waals surface area contributed by atoms with Crippen LogP contribution in [0.25, 0.3) is 10.8 Å². The van der Waals surface area contributed by atoms with E-state index in [1.165, 1.54) is 6.07 Å². The van der Waals surface area contributed by atoms with Crippen molar-refractivity contribution in [2.75, 3.05) is 18.4 Å². The summed E-state index contributed by atoms with van der Waals surface area (Å²) >= 11 is 6.09. The van der Waals surface area contributed by atoms with Crippen LogP contribution in [0.3, 0.4) is 0 Å². The first-order chi connectivity index (χ1) is 14.0. The molecule has 3 aliphatic rings. The molecule has 6 rings (SSSR count). The Bertz CT molecular complexity index is 1120. The number of rotatable bonds is 3. The third-order valence-corrected chi connectivity index (χ3v) is 5.99. The van der Waals surface area contributed by atoms with Gasteiger partial charge in [0.05, 0.1) is 28.5 Å². The molecule has 2 unspecified atom stereocenters. The number of nitrogens with zero attached hydrogens (tertiary/aromatic N) is 2. The van der Waals surface area contributed by atoms with E-state index >= 15 is 0 Å². The molecule has 1 amide bonds. The molecule has 1 aromatic heterocycles. The Morgan fingerprint density at radius 3 is 2.72 bits per heavy atom. The topological polar surface area (TPSA) is 54.5 Å². The SMILES string of the molecule is Cc1cccc2c(Nc3cccc(F)c3Cl)ncc(C(=O)N3CC4CC(C3)O4)c12. The number of aryl methyl sites for hydroxylation is 1. The molecule has 0 spiro atoms. The Balaban J connectivity index is 1.56. The number of nitrogens with one attached hydrogen (secondary N) is 1. The summed E-state index contributed by atoms with van der Waals surface area (Å²) in [7, 11) is 0. The molecule has 7 heteroatoms. The second-order valence-electron chi connectivity index (χ2n) is 7.57. The van der Waals surface area contributed by atoms with Gasteiger partial charge >= 0.3 is 0 Å². The van der Waals surface area contributed by atoms with Gasteiger partial charge in [0, 0.05) is 36.5 Å². The zero-order valence-electron chi connectivity index (χ0n) is 15.8. The Morgan fingerprint density at radius 2 is 1.97 bits per heavy atom. The van der Waals surface area contributed by atoms with E-state index in [0.29, 0.717) is 30.2 Å². The van der Waals surface area contributed by atoms with Gasteiger partial charge in [-0.25, -0.2) is 9.37 Å². The molecule has 3 aliphatic heterocycles. The van der Waals surface area contributed by atoms with Gasteiger partial charge in [-0.05, 0) is 24.6 Å². The number of aromatic nitrogens is 1. The first-order valence-corrected chi connectivity index (χ1v) is 9.93. The predicted molar refractivity (Wildman–Crippen MR) is 110 cm³/mol. The highest BCUT2D eigenvalue weighted by Crippen LogP contribution is 2.34. The number of carbonyl (C=O) groups is 1. The average molecular weight is 412 g/mol. The molecule has 2 bridgehead atoms. The standard InChI is InChI=1S/C22H19ClFN3O2/c1-12-4-2-5-15-19(12)16(22(28)27-10-13-8-14(11-27)29-13)9-25-21(15)26-18-7-3-6-17(24)20(18)23/h2-7,9,13-14H,8,10-11H2,1H3,(H,25,26). The molecule has 3 aromatic rings. The third-order valence-electron chi connectivity index (χ3n) is 5.60. The molecule has 1 N–H and O–H groups in total. The molecule has 0 saturated carbocycles. The summed E-state index contributed by atoms with van der Waals surface area (Å²) in [5.41, 5.74) is 1.96.